The van der Waals surface area contributed by atoms with Gasteiger partial charge in [-0.05, 0) is 96.6 Å². The number of phenolic OH excluding ortho intramolecular Hbond substituents is 1. The predicted octanol–water partition coefficient (Wildman–Crippen LogP) is 2.79. The molecule has 10 atom stereocenters. The lowest BCUT2D eigenvalue weighted by Crippen LogP contribution is -2.62. The van der Waals surface area contributed by atoms with Crippen LogP contribution in [0.3, 0.4) is 0 Å². The topological polar surface area (TPSA) is 337 Å². The second-order valence-corrected chi connectivity index (χ2v) is 24.8. The van der Waals surface area contributed by atoms with Crippen molar-refractivity contribution in [3.8, 4) is 5.75 Å². The van der Waals surface area contributed by atoms with Crippen molar-refractivity contribution >= 4 is 83.5 Å². The Kier molecular flexibility index (Phi) is 29.4. The average molecular weight is 1230 g/mol. The van der Waals surface area contributed by atoms with Gasteiger partial charge in [-0.25, -0.2) is 4.79 Å². The lowest BCUT2D eigenvalue weighted by Gasteiger charge is -2.31. The number of thiol groups is 1. The lowest BCUT2D eigenvalue weighted by atomic mass is 9.98. The first-order valence-electron chi connectivity index (χ1n) is 29.4. The molecular formula is C62H90N10O12S2. The molecule has 0 radical (unpaired) electrons. The number of carboxylic acid groups (broad SMARTS) is 1. The normalized spacial score (nSPS) is 16.3. The van der Waals surface area contributed by atoms with Gasteiger partial charge >= 0.3 is 5.97 Å². The highest BCUT2D eigenvalue weighted by Gasteiger charge is 2.41. The fourth-order valence-electron chi connectivity index (χ4n) is 9.76. The number of nitrogens with two attached hydrogens (primary N) is 1. The number of nitrogens with zero attached hydrogens (tertiary/aromatic N) is 1. The monoisotopic (exact) mass is 1230 g/mol. The first kappa shape index (κ1) is 71.3. The van der Waals surface area contributed by atoms with E-state index in [1.807, 2.05) is 34.0 Å². The highest BCUT2D eigenvalue weighted by Crippen LogP contribution is 2.22. The van der Waals surface area contributed by atoms with Crippen LogP contribution < -0.4 is 48.3 Å². The van der Waals surface area contributed by atoms with Crippen LogP contribution in [0.25, 0.3) is 0 Å². The summed E-state index contributed by atoms with van der Waals surface area (Å²) in [5.41, 5.74) is 8.02. The third-order valence-electron chi connectivity index (χ3n) is 14.6. The number of likely N-dealkylation sites (tertiary alicyclic amines) is 1. The summed E-state index contributed by atoms with van der Waals surface area (Å²) in [6.45, 7) is 14.5. The molecule has 24 heteroatoms. The SMILES string of the molecule is CSCC[C@H](NC(=O)[C@@H]1CCCN1C(=O)[C@H](CC(C)C)NC(=O)[C@H](CC(C)C)NC(=O)[C@H](Cc1ccccc1)NC(=O)[C@H](CS)NC(=O)[C@H](Cc1ccccc1)NC(=O)[C@@H](NC(=O)[C@H](Cc1ccc(O)cc1)NC(=O)[C@@H](N)C(C)C)C(C)C)C(=O)O. The van der Waals surface area contributed by atoms with Gasteiger partial charge in [0, 0.05) is 31.6 Å². The van der Waals surface area contributed by atoms with Crippen LogP contribution in [0.15, 0.2) is 84.9 Å². The molecule has 22 nitrogen and oxygen atoms in total. The van der Waals surface area contributed by atoms with E-state index < -0.39 is 125 Å². The molecule has 9 amide bonds. The summed E-state index contributed by atoms with van der Waals surface area (Å²) in [4.78, 5) is 141. The van der Waals surface area contributed by atoms with Crippen molar-refractivity contribution < 1.29 is 58.2 Å². The van der Waals surface area contributed by atoms with E-state index in [1.54, 1.807) is 100 Å². The lowest BCUT2D eigenvalue weighted by molar-refractivity contribution is -0.145. The summed E-state index contributed by atoms with van der Waals surface area (Å²) in [6.07, 6.45) is 2.93. The number of carboxylic acids is 1. The highest BCUT2D eigenvalue weighted by molar-refractivity contribution is 7.98. The van der Waals surface area contributed by atoms with Crippen molar-refractivity contribution in [2.75, 3.05) is 24.3 Å². The van der Waals surface area contributed by atoms with Gasteiger partial charge in [0.15, 0.2) is 0 Å². The molecule has 0 unspecified atom stereocenters. The van der Waals surface area contributed by atoms with E-state index in [2.05, 4.69) is 55.2 Å². The van der Waals surface area contributed by atoms with Crippen LogP contribution in [-0.4, -0.2) is 159 Å². The minimum atomic E-state index is -1.39. The van der Waals surface area contributed by atoms with E-state index in [1.165, 1.54) is 28.8 Å². The number of amides is 9. The van der Waals surface area contributed by atoms with Crippen molar-refractivity contribution in [3.05, 3.63) is 102 Å². The molecule has 0 saturated carbocycles. The van der Waals surface area contributed by atoms with Crippen molar-refractivity contribution in [2.24, 2.45) is 29.4 Å². The van der Waals surface area contributed by atoms with Crippen LogP contribution >= 0.6 is 24.4 Å². The fraction of sp³-hybridized carbons (Fsp3) is 0.548. The number of aromatic hydroxyl groups is 1. The smallest absolute Gasteiger partial charge is 0.326 e. The highest BCUT2D eigenvalue weighted by atomic mass is 32.2. The first-order valence-corrected chi connectivity index (χ1v) is 31.4. The molecule has 12 N–H and O–H groups in total. The molecule has 0 aromatic heterocycles. The Balaban J connectivity index is 1.58. The zero-order chi connectivity index (χ0) is 63.8. The summed E-state index contributed by atoms with van der Waals surface area (Å²) in [5, 5.41) is 41.7. The van der Waals surface area contributed by atoms with Crippen LogP contribution in [0, 0.1) is 23.7 Å². The van der Waals surface area contributed by atoms with E-state index in [-0.39, 0.29) is 74.3 Å². The van der Waals surface area contributed by atoms with Gasteiger partial charge in [0.25, 0.3) is 0 Å². The Bertz CT molecular complexity index is 2740. The zero-order valence-corrected chi connectivity index (χ0v) is 52.5. The van der Waals surface area contributed by atoms with Gasteiger partial charge in [-0.1, -0.05) is 128 Å². The van der Waals surface area contributed by atoms with Crippen LogP contribution in [0.5, 0.6) is 5.75 Å². The molecule has 0 spiro atoms. The van der Waals surface area contributed by atoms with Gasteiger partial charge in [0.05, 0.1) is 6.04 Å². The number of rotatable bonds is 34. The van der Waals surface area contributed by atoms with Gasteiger partial charge in [-0.2, -0.15) is 24.4 Å². The summed E-state index contributed by atoms with van der Waals surface area (Å²) in [6, 6.07) is 11.7. The molecule has 4 rings (SSSR count). The molecule has 472 valence electrons. The maximum Gasteiger partial charge on any atom is 0.326 e. The van der Waals surface area contributed by atoms with Crippen LogP contribution in [0.2, 0.25) is 0 Å². The molecule has 0 aliphatic carbocycles. The molecule has 3 aromatic carbocycles. The molecule has 1 aliphatic rings. The number of benzene rings is 3. The van der Waals surface area contributed by atoms with Crippen molar-refractivity contribution in [1.82, 2.24) is 47.4 Å². The third kappa shape index (κ3) is 22.9. The quantitative estimate of drug-likeness (QED) is 0.0383. The fourth-order valence-corrected chi connectivity index (χ4v) is 10.5. The van der Waals surface area contributed by atoms with E-state index in [9.17, 15) is 58.2 Å². The third-order valence-corrected chi connectivity index (χ3v) is 15.7. The molecule has 1 heterocycles. The van der Waals surface area contributed by atoms with Gasteiger partial charge < -0.3 is 63.4 Å². The number of aliphatic carboxylic acids is 1. The molecule has 1 fully saturated rings. The van der Waals surface area contributed by atoms with Gasteiger partial charge in [0.2, 0.25) is 53.2 Å². The molecule has 86 heavy (non-hydrogen) atoms. The molecule has 1 aliphatic heterocycles. The molecule has 1 saturated heterocycles. The van der Waals surface area contributed by atoms with Crippen LogP contribution in [0.1, 0.15) is 104 Å². The number of carbonyl (C=O) groups excluding carboxylic acids is 9. The maximum atomic E-state index is 14.6. The number of hydrogen-bond acceptors (Lipinski definition) is 14. The molecular weight excluding hydrogens is 1140 g/mol. The Morgan fingerprint density at radius 3 is 1.45 bits per heavy atom. The zero-order valence-electron chi connectivity index (χ0n) is 50.8. The Hall–Kier alpha value is -7.18. The van der Waals surface area contributed by atoms with E-state index in [4.69, 9.17) is 5.73 Å². The van der Waals surface area contributed by atoms with Crippen LogP contribution in [-0.2, 0) is 67.2 Å². The van der Waals surface area contributed by atoms with Crippen molar-refractivity contribution in [2.45, 2.75) is 167 Å². The summed E-state index contributed by atoms with van der Waals surface area (Å²) >= 11 is 5.87. The predicted molar refractivity (Wildman–Crippen MR) is 333 cm³/mol. The number of hydrogen-bond donors (Lipinski definition) is 12. The number of nitrogens with one attached hydrogen (secondary N) is 8. The molecule has 0 bridgehead atoms. The summed E-state index contributed by atoms with van der Waals surface area (Å²) in [5.74, 6) is -8.31. The van der Waals surface area contributed by atoms with E-state index in [0.717, 1.165) is 0 Å². The van der Waals surface area contributed by atoms with Crippen molar-refractivity contribution in [3.63, 3.8) is 0 Å². The first-order chi connectivity index (χ1) is 40.7. The van der Waals surface area contributed by atoms with Gasteiger partial charge in [0.1, 0.15) is 60.1 Å². The van der Waals surface area contributed by atoms with E-state index in [0.29, 0.717) is 35.3 Å². The number of phenols is 1. The average Bonchev–Trinajstić information content (AvgIpc) is 4.20. The second kappa shape index (κ2) is 35.4. The minimum absolute atomic E-state index is 0.00246. The van der Waals surface area contributed by atoms with E-state index >= 15 is 0 Å². The standard InChI is InChI=1S/C62H90N10O12S2/c1-35(2)29-44(53(74)69-48(30-36(3)4)61(82)72-27-16-21-50(72)58(79)64-43(62(83)84)26-28-86-9)65-54(75)45(31-39-17-12-10-13-18-39)66-57(78)49(34-85)70-55(76)46(32-40-19-14-11-15-20-40)68-60(81)52(38(7)8)71-56(77)47(67-59(80)51(63)37(5)6)33-41-22-24-42(73)25-23-41/h10-15,17-20,22-25,35-38,43-52,73,85H,16,21,26-34,63H2,1-9H3,(H,64,79)(H,65,75)(H,66,78)(H,67,80)(H,68,81)(H,69,74)(H,70,76)(H,71,77)(H,83,84)/t43-,44-,45-,46-,47-,48-,49-,50-,51-,52-/m0/s1. The second-order valence-electron chi connectivity index (χ2n) is 23.4. The summed E-state index contributed by atoms with van der Waals surface area (Å²) in [7, 11) is 0. The summed E-state index contributed by atoms with van der Waals surface area (Å²) < 4.78 is 0. The van der Waals surface area contributed by atoms with Gasteiger partial charge in [-0.15, -0.1) is 0 Å². The number of thioether (sulfide) groups is 1. The number of carbonyl (C=O) groups is 10. The van der Waals surface area contributed by atoms with Crippen LogP contribution in [0.4, 0.5) is 0 Å². The van der Waals surface area contributed by atoms with Crippen molar-refractivity contribution in [1.29, 1.82) is 0 Å². The largest absolute Gasteiger partial charge is 0.508 e. The minimum Gasteiger partial charge on any atom is -0.508 e. The Labute approximate surface area is 515 Å². The Morgan fingerprint density at radius 1 is 0.547 bits per heavy atom. The molecule has 3 aromatic rings. The Morgan fingerprint density at radius 2 is 0.977 bits per heavy atom. The van der Waals surface area contributed by atoms with Gasteiger partial charge in [-0.3, -0.25) is 43.2 Å². The maximum absolute atomic E-state index is 14.6.